The predicted octanol–water partition coefficient (Wildman–Crippen LogP) is 5.35. The molecule has 0 aliphatic carbocycles. The Kier molecular flexibility index (Phi) is 3.97. The van der Waals surface area contributed by atoms with Crippen LogP contribution in [0.2, 0.25) is 0 Å². The SMILES string of the molecule is Cc1c(/C=N/SC(C)(C)C)sc2c(F)cc(F)cc12. The van der Waals surface area contributed by atoms with Gasteiger partial charge in [0.25, 0.3) is 0 Å². The quantitative estimate of drug-likeness (QED) is 0.537. The van der Waals surface area contributed by atoms with Crippen molar-refractivity contribution in [3.05, 3.63) is 34.2 Å². The maximum Gasteiger partial charge on any atom is 0.143 e. The second-order valence-electron chi connectivity index (χ2n) is 5.29. The van der Waals surface area contributed by atoms with Gasteiger partial charge < -0.3 is 0 Å². The molecule has 0 radical (unpaired) electrons. The fourth-order valence-electron chi connectivity index (χ4n) is 1.62. The summed E-state index contributed by atoms with van der Waals surface area (Å²) in [5.74, 6) is -1.05. The van der Waals surface area contributed by atoms with Gasteiger partial charge in [-0.05, 0) is 51.3 Å². The minimum atomic E-state index is -0.543. The summed E-state index contributed by atoms with van der Waals surface area (Å²) in [6.07, 6.45) is 1.73. The van der Waals surface area contributed by atoms with Crippen LogP contribution in [-0.4, -0.2) is 11.0 Å². The van der Waals surface area contributed by atoms with E-state index in [0.29, 0.717) is 10.1 Å². The number of rotatable bonds is 2. The zero-order chi connectivity index (χ0) is 14.2. The molecule has 0 aliphatic rings. The number of hydrogen-bond acceptors (Lipinski definition) is 3. The summed E-state index contributed by atoms with van der Waals surface area (Å²) in [5, 5.41) is 0.629. The van der Waals surface area contributed by atoms with Crippen molar-refractivity contribution in [3.8, 4) is 0 Å². The number of halogens is 2. The fraction of sp³-hybridized carbons (Fsp3) is 0.357. The van der Waals surface area contributed by atoms with Gasteiger partial charge in [0, 0.05) is 16.2 Å². The van der Waals surface area contributed by atoms with Crippen LogP contribution in [0.3, 0.4) is 0 Å². The molecule has 0 bridgehead atoms. The molecule has 0 saturated carbocycles. The minimum Gasteiger partial charge on any atom is -0.223 e. The van der Waals surface area contributed by atoms with Gasteiger partial charge in [0.05, 0.1) is 15.8 Å². The molecule has 0 unspecified atom stereocenters. The Morgan fingerprint density at radius 3 is 2.58 bits per heavy atom. The van der Waals surface area contributed by atoms with Gasteiger partial charge in [-0.3, -0.25) is 0 Å². The van der Waals surface area contributed by atoms with Crippen molar-refractivity contribution >= 4 is 39.6 Å². The van der Waals surface area contributed by atoms with Crippen LogP contribution in [0.15, 0.2) is 16.5 Å². The Morgan fingerprint density at radius 2 is 1.95 bits per heavy atom. The second-order valence-corrected chi connectivity index (χ2v) is 7.96. The third-order valence-electron chi connectivity index (χ3n) is 2.49. The average Bonchev–Trinajstić information content (AvgIpc) is 2.56. The molecule has 1 heterocycles. The maximum atomic E-state index is 13.7. The summed E-state index contributed by atoms with van der Waals surface area (Å²) < 4.78 is 31.7. The molecule has 2 aromatic rings. The third-order valence-corrected chi connectivity index (χ3v) is 4.50. The molecule has 0 saturated heterocycles. The molecule has 0 spiro atoms. The standard InChI is InChI=1S/C14H15F2NS2/c1-8-10-5-9(15)6-11(16)13(10)18-12(8)7-17-19-14(2,3)4/h5-7H,1-4H3/b17-7+. The van der Waals surface area contributed by atoms with E-state index in [2.05, 4.69) is 25.2 Å². The molecule has 0 fully saturated rings. The first-order valence-electron chi connectivity index (χ1n) is 5.87. The largest absolute Gasteiger partial charge is 0.223 e. The Hall–Kier alpha value is -0.940. The van der Waals surface area contributed by atoms with E-state index >= 15 is 0 Å². The van der Waals surface area contributed by atoms with Gasteiger partial charge >= 0.3 is 0 Å². The monoisotopic (exact) mass is 299 g/mol. The first-order chi connectivity index (χ1) is 8.78. The molecule has 1 aromatic heterocycles. The highest BCUT2D eigenvalue weighted by Gasteiger charge is 2.13. The van der Waals surface area contributed by atoms with Crippen molar-refractivity contribution in [2.75, 3.05) is 0 Å². The normalized spacial score (nSPS) is 12.7. The predicted molar refractivity (Wildman–Crippen MR) is 81.4 cm³/mol. The molecular formula is C14H15F2NS2. The zero-order valence-corrected chi connectivity index (χ0v) is 12.9. The van der Waals surface area contributed by atoms with Crippen LogP contribution in [-0.2, 0) is 0 Å². The van der Waals surface area contributed by atoms with Crippen molar-refractivity contribution in [3.63, 3.8) is 0 Å². The topological polar surface area (TPSA) is 12.4 Å². The van der Waals surface area contributed by atoms with E-state index in [4.69, 9.17) is 0 Å². The van der Waals surface area contributed by atoms with Gasteiger partial charge in [0.1, 0.15) is 11.6 Å². The zero-order valence-electron chi connectivity index (χ0n) is 11.3. The van der Waals surface area contributed by atoms with Crippen molar-refractivity contribution in [2.45, 2.75) is 32.4 Å². The Morgan fingerprint density at radius 1 is 1.26 bits per heavy atom. The first-order valence-corrected chi connectivity index (χ1v) is 7.46. The highest BCUT2D eigenvalue weighted by Crippen LogP contribution is 2.33. The molecule has 19 heavy (non-hydrogen) atoms. The Bertz CT molecular complexity index is 639. The first kappa shape index (κ1) is 14.5. The number of aryl methyl sites for hydroxylation is 1. The van der Waals surface area contributed by atoms with Crippen molar-refractivity contribution in [2.24, 2.45) is 4.40 Å². The second kappa shape index (κ2) is 5.21. The van der Waals surface area contributed by atoms with Crippen LogP contribution in [0.25, 0.3) is 10.1 Å². The summed E-state index contributed by atoms with van der Waals surface area (Å²) in [5.41, 5.74) is 0.872. The molecule has 1 nitrogen and oxygen atoms in total. The third kappa shape index (κ3) is 3.34. The van der Waals surface area contributed by atoms with Crippen molar-refractivity contribution in [1.29, 1.82) is 0 Å². The number of nitrogens with zero attached hydrogens (tertiary/aromatic N) is 1. The van der Waals surface area contributed by atoms with E-state index < -0.39 is 11.6 Å². The lowest BCUT2D eigenvalue weighted by Gasteiger charge is -2.11. The van der Waals surface area contributed by atoms with Gasteiger partial charge in [-0.25, -0.2) is 13.2 Å². The minimum absolute atomic E-state index is 0.0401. The summed E-state index contributed by atoms with van der Waals surface area (Å²) >= 11 is 2.77. The molecule has 0 amide bonds. The van der Waals surface area contributed by atoms with Crippen LogP contribution < -0.4 is 0 Å². The smallest absolute Gasteiger partial charge is 0.143 e. The van der Waals surface area contributed by atoms with Gasteiger partial charge in [-0.2, -0.15) is 0 Å². The summed E-state index contributed by atoms with van der Waals surface area (Å²) in [7, 11) is 0. The van der Waals surface area contributed by atoms with Crippen LogP contribution in [0, 0.1) is 18.6 Å². The number of benzene rings is 1. The lowest BCUT2D eigenvalue weighted by molar-refractivity contribution is 0.593. The van der Waals surface area contributed by atoms with Crippen molar-refractivity contribution < 1.29 is 8.78 Å². The molecule has 1 aromatic carbocycles. The molecule has 0 N–H and O–H groups in total. The molecule has 0 aliphatic heterocycles. The average molecular weight is 299 g/mol. The van der Waals surface area contributed by atoms with Crippen LogP contribution in [0.1, 0.15) is 31.2 Å². The van der Waals surface area contributed by atoms with E-state index in [1.165, 1.54) is 29.4 Å². The Labute approximate surface area is 119 Å². The van der Waals surface area contributed by atoms with Gasteiger partial charge in [-0.1, -0.05) is 0 Å². The number of fused-ring (bicyclic) bond motifs is 1. The summed E-state index contributed by atoms with van der Waals surface area (Å²) in [6.45, 7) is 8.08. The highest BCUT2D eigenvalue weighted by atomic mass is 32.2. The molecular weight excluding hydrogens is 284 g/mol. The van der Waals surface area contributed by atoms with E-state index in [9.17, 15) is 8.78 Å². The number of thiophene rings is 1. The van der Waals surface area contributed by atoms with Gasteiger partial charge in [0.15, 0.2) is 0 Å². The van der Waals surface area contributed by atoms with E-state index in [-0.39, 0.29) is 4.75 Å². The lowest BCUT2D eigenvalue weighted by Crippen LogP contribution is -2.04. The fourth-order valence-corrected chi connectivity index (χ4v) is 3.23. The lowest BCUT2D eigenvalue weighted by atomic mass is 10.1. The van der Waals surface area contributed by atoms with E-state index in [0.717, 1.165) is 16.5 Å². The molecule has 2 rings (SSSR count). The van der Waals surface area contributed by atoms with Crippen LogP contribution in [0.5, 0.6) is 0 Å². The van der Waals surface area contributed by atoms with Crippen LogP contribution in [0.4, 0.5) is 8.78 Å². The van der Waals surface area contributed by atoms with Gasteiger partial charge in [0.2, 0.25) is 0 Å². The molecule has 5 heteroatoms. The summed E-state index contributed by atoms with van der Waals surface area (Å²) in [4.78, 5) is 0.872. The van der Waals surface area contributed by atoms with E-state index in [1.54, 1.807) is 6.21 Å². The van der Waals surface area contributed by atoms with Gasteiger partial charge in [-0.15, -0.1) is 11.3 Å². The van der Waals surface area contributed by atoms with Crippen LogP contribution >= 0.6 is 23.3 Å². The summed E-state index contributed by atoms with van der Waals surface area (Å²) in [6, 6.07) is 2.29. The maximum absolute atomic E-state index is 13.7. The molecule has 102 valence electrons. The Balaban J connectivity index is 2.40. The highest BCUT2D eigenvalue weighted by molar-refractivity contribution is 7.99. The van der Waals surface area contributed by atoms with Crippen molar-refractivity contribution in [1.82, 2.24) is 0 Å². The molecule has 0 atom stereocenters. The number of hydrogen-bond donors (Lipinski definition) is 0. The van der Waals surface area contributed by atoms with E-state index in [1.807, 2.05) is 6.92 Å².